The minimum Gasteiger partial charge on any atom is -0.373 e. The standard InChI is InChI=1S/C15H29N5/c1-10(2)8-13(9-20(6)7)19-15-11(3)14(16-5)17-12(4)18-15/h10,13H,8-9H2,1-7H3,(H2,16,17,18,19). The molecular weight excluding hydrogens is 250 g/mol. The molecule has 1 atom stereocenters. The lowest BCUT2D eigenvalue weighted by atomic mass is 10.0. The minimum atomic E-state index is 0.391. The quantitative estimate of drug-likeness (QED) is 0.803. The van der Waals surface area contributed by atoms with Crippen LogP contribution in [-0.2, 0) is 0 Å². The number of hydrogen-bond donors (Lipinski definition) is 2. The monoisotopic (exact) mass is 279 g/mol. The van der Waals surface area contributed by atoms with E-state index in [0.29, 0.717) is 12.0 Å². The molecule has 0 aliphatic carbocycles. The van der Waals surface area contributed by atoms with Gasteiger partial charge in [0.15, 0.2) is 0 Å². The summed E-state index contributed by atoms with van der Waals surface area (Å²) in [5.74, 6) is 3.28. The summed E-state index contributed by atoms with van der Waals surface area (Å²) in [6.45, 7) is 9.48. The summed E-state index contributed by atoms with van der Waals surface area (Å²) < 4.78 is 0. The Morgan fingerprint density at radius 2 is 1.70 bits per heavy atom. The summed E-state index contributed by atoms with van der Waals surface area (Å²) in [7, 11) is 6.10. The molecule has 0 fully saturated rings. The third kappa shape index (κ3) is 4.96. The fraction of sp³-hybridized carbons (Fsp3) is 0.733. The van der Waals surface area contributed by atoms with Gasteiger partial charge in [0.1, 0.15) is 17.5 Å². The van der Waals surface area contributed by atoms with Gasteiger partial charge < -0.3 is 15.5 Å². The van der Waals surface area contributed by atoms with E-state index in [9.17, 15) is 0 Å². The van der Waals surface area contributed by atoms with Crippen LogP contribution in [0.25, 0.3) is 0 Å². The van der Waals surface area contributed by atoms with Gasteiger partial charge in [0.05, 0.1) is 0 Å². The van der Waals surface area contributed by atoms with Crippen LogP contribution in [0, 0.1) is 19.8 Å². The number of nitrogens with one attached hydrogen (secondary N) is 2. The lowest BCUT2D eigenvalue weighted by Gasteiger charge is -2.25. The number of anilines is 2. The van der Waals surface area contributed by atoms with Crippen LogP contribution in [0.2, 0.25) is 0 Å². The molecule has 1 heterocycles. The second kappa shape index (κ2) is 7.43. The van der Waals surface area contributed by atoms with Crippen molar-refractivity contribution in [3.8, 4) is 0 Å². The zero-order valence-electron chi connectivity index (χ0n) is 13.9. The molecule has 1 aromatic rings. The van der Waals surface area contributed by atoms with Gasteiger partial charge in [-0.2, -0.15) is 0 Å². The van der Waals surface area contributed by atoms with Crippen LogP contribution in [0.1, 0.15) is 31.7 Å². The van der Waals surface area contributed by atoms with Crippen molar-refractivity contribution in [1.82, 2.24) is 14.9 Å². The Labute approximate surface area is 123 Å². The van der Waals surface area contributed by atoms with Gasteiger partial charge in [0, 0.05) is 25.2 Å². The van der Waals surface area contributed by atoms with Crippen LogP contribution in [0.4, 0.5) is 11.6 Å². The summed E-state index contributed by atoms with van der Waals surface area (Å²) in [6.07, 6.45) is 1.12. The first kappa shape index (κ1) is 16.7. The molecule has 0 aromatic carbocycles. The van der Waals surface area contributed by atoms with Crippen LogP contribution in [0.5, 0.6) is 0 Å². The number of aryl methyl sites for hydroxylation is 1. The van der Waals surface area contributed by atoms with E-state index in [2.05, 4.69) is 60.4 Å². The molecule has 0 amide bonds. The van der Waals surface area contributed by atoms with Gasteiger partial charge >= 0.3 is 0 Å². The number of aromatic nitrogens is 2. The molecule has 0 radical (unpaired) electrons. The molecule has 0 saturated carbocycles. The predicted molar refractivity (Wildman–Crippen MR) is 86.5 cm³/mol. The maximum atomic E-state index is 4.55. The first-order valence-electron chi connectivity index (χ1n) is 7.27. The first-order valence-corrected chi connectivity index (χ1v) is 7.27. The van der Waals surface area contributed by atoms with Crippen molar-refractivity contribution < 1.29 is 0 Å². The molecule has 5 heteroatoms. The molecule has 5 nitrogen and oxygen atoms in total. The SMILES string of the molecule is CNc1nc(C)nc(NC(CC(C)C)CN(C)C)c1C. The first-order chi connectivity index (χ1) is 9.33. The minimum absolute atomic E-state index is 0.391. The van der Waals surface area contributed by atoms with Gasteiger partial charge in [0.25, 0.3) is 0 Å². The third-order valence-corrected chi connectivity index (χ3v) is 3.18. The number of likely N-dealkylation sites (N-methyl/N-ethyl adjacent to an activating group) is 1. The molecule has 114 valence electrons. The number of nitrogens with zero attached hydrogens (tertiary/aromatic N) is 3. The average Bonchev–Trinajstić information content (AvgIpc) is 2.31. The van der Waals surface area contributed by atoms with Crippen molar-refractivity contribution in [2.75, 3.05) is 38.3 Å². The lowest BCUT2D eigenvalue weighted by Crippen LogP contribution is -2.34. The summed E-state index contributed by atoms with van der Waals surface area (Å²) in [4.78, 5) is 11.2. The fourth-order valence-electron chi connectivity index (χ4n) is 2.39. The van der Waals surface area contributed by atoms with Gasteiger partial charge in [-0.05, 0) is 40.3 Å². The Balaban J connectivity index is 2.94. The maximum Gasteiger partial charge on any atom is 0.135 e. The molecule has 0 saturated heterocycles. The molecule has 1 rings (SSSR count). The molecule has 0 aliphatic rings. The summed E-state index contributed by atoms with van der Waals surface area (Å²) in [5, 5.41) is 6.72. The van der Waals surface area contributed by atoms with E-state index in [-0.39, 0.29) is 0 Å². The van der Waals surface area contributed by atoms with Crippen molar-refractivity contribution in [2.45, 2.75) is 40.2 Å². The predicted octanol–water partition coefficient (Wildman–Crippen LogP) is 2.52. The van der Waals surface area contributed by atoms with Crippen LogP contribution < -0.4 is 10.6 Å². The highest BCUT2D eigenvalue weighted by Gasteiger charge is 2.15. The normalized spacial score (nSPS) is 12.8. The van der Waals surface area contributed by atoms with E-state index in [1.54, 1.807) is 0 Å². The second-order valence-electron chi connectivity index (χ2n) is 6.08. The van der Waals surface area contributed by atoms with Crippen LogP contribution in [-0.4, -0.2) is 48.6 Å². The van der Waals surface area contributed by atoms with Crippen molar-refractivity contribution in [1.29, 1.82) is 0 Å². The highest BCUT2D eigenvalue weighted by molar-refractivity contribution is 5.57. The summed E-state index contributed by atoms with van der Waals surface area (Å²) in [6, 6.07) is 0.391. The molecule has 0 aliphatic heterocycles. The molecule has 0 spiro atoms. The highest BCUT2D eigenvalue weighted by Crippen LogP contribution is 2.21. The van der Waals surface area contributed by atoms with E-state index in [1.165, 1.54) is 0 Å². The Kier molecular flexibility index (Phi) is 6.20. The second-order valence-corrected chi connectivity index (χ2v) is 6.08. The zero-order chi connectivity index (χ0) is 15.3. The highest BCUT2D eigenvalue weighted by atomic mass is 15.1. The van der Waals surface area contributed by atoms with Gasteiger partial charge in [-0.25, -0.2) is 9.97 Å². The number of rotatable bonds is 7. The van der Waals surface area contributed by atoms with Gasteiger partial charge in [-0.3, -0.25) is 0 Å². The van der Waals surface area contributed by atoms with Crippen LogP contribution in [0.3, 0.4) is 0 Å². The van der Waals surface area contributed by atoms with E-state index in [0.717, 1.165) is 36.0 Å². The van der Waals surface area contributed by atoms with E-state index in [4.69, 9.17) is 0 Å². The third-order valence-electron chi connectivity index (χ3n) is 3.18. The Morgan fingerprint density at radius 3 is 2.20 bits per heavy atom. The van der Waals surface area contributed by atoms with Gasteiger partial charge in [-0.15, -0.1) is 0 Å². The summed E-state index contributed by atoms with van der Waals surface area (Å²) >= 11 is 0. The molecule has 0 bridgehead atoms. The number of hydrogen-bond acceptors (Lipinski definition) is 5. The molecule has 20 heavy (non-hydrogen) atoms. The van der Waals surface area contributed by atoms with Crippen molar-refractivity contribution in [3.63, 3.8) is 0 Å². The topological polar surface area (TPSA) is 53.1 Å². The van der Waals surface area contributed by atoms with Crippen LogP contribution in [0.15, 0.2) is 0 Å². The maximum absolute atomic E-state index is 4.55. The lowest BCUT2D eigenvalue weighted by molar-refractivity contribution is 0.356. The Morgan fingerprint density at radius 1 is 1.10 bits per heavy atom. The molecule has 1 aromatic heterocycles. The molecular formula is C15H29N5. The Hall–Kier alpha value is -1.36. The van der Waals surface area contributed by atoms with Crippen molar-refractivity contribution in [3.05, 3.63) is 11.4 Å². The zero-order valence-corrected chi connectivity index (χ0v) is 13.9. The summed E-state index contributed by atoms with van der Waals surface area (Å²) in [5.41, 5.74) is 1.07. The van der Waals surface area contributed by atoms with E-state index < -0.39 is 0 Å². The molecule has 2 N–H and O–H groups in total. The van der Waals surface area contributed by atoms with Gasteiger partial charge in [-0.1, -0.05) is 13.8 Å². The molecule has 1 unspecified atom stereocenters. The van der Waals surface area contributed by atoms with Gasteiger partial charge in [0.2, 0.25) is 0 Å². The largest absolute Gasteiger partial charge is 0.373 e. The smallest absolute Gasteiger partial charge is 0.135 e. The Bertz CT molecular complexity index is 419. The van der Waals surface area contributed by atoms with E-state index >= 15 is 0 Å². The fourth-order valence-corrected chi connectivity index (χ4v) is 2.39. The van der Waals surface area contributed by atoms with Crippen molar-refractivity contribution in [2.24, 2.45) is 5.92 Å². The van der Waals surface area contributed by atoms with E-state index in [1.807, 2.05) is 14.0 Å². The van der Waals surface area contributed by atoms with Crippen LogP contribution >= 0.6 is 0 Å². The average molecular weight is 279 g/mol. The van der Waals surface area contributed by atoms with Crippen molar-refractivity contribution >= 4 is 11.6 Å².